The lowest BCUT2D eigenvalue weighted by molar-refractivity contribution is 0.891. The minimum atomic E-state index is 0.624. The van der Waals surface area contributed by atoms with Gasteiger partial charge in [-0.15, -0.1) is 0 Å². The van der Waals surface area contributed by atoms with Crippen LogP contribution in [0.1, 0.15) is 0 Å². The standard InChI is InChI=1S/C13H13N5/c1-15-13-10(14)8-17-18(13)12-6-7-16-11-5-3-2-4-9(11)12/h2-8,15H,14H2,1H3. The Morgan fingerprint density at radius 2 is 2.06 bits per heavy atom. The van der Waals surface area contributed by atoms with Gasteiger partial charge in [0.2, 0.25) is 0 Å². The molecule has 0 atom stereocenters. The van der Waals surface area contributed by atoms with Gasteiger partial charge in [-0.2, -0.15) is 5.10 Å². The summed E-state index contributed by atoms with van der Waals surface area (Å²) >= 11 is 0. The van der Waals surface area contributed by atoms with E-state index in [4.69, 9.17) is 5.73 Å². The minimum Gasteiger partial charge on any atom is -0.394 e. The van der Waals surface area contributed by atoms with E-state index in [9.17, 15) is 0 Å². The van der Waals surface area contributed by atoms with Gasteiger partial charge in [0.25, 0.3) is 0 Å². The third kappa shape index (κ3) is 1.48. The highest BCUT2D eigenvalue weighted by molar-refractivity contribution is 5.87. The molecule has 2 aromatic heterocycles. The maximum atomic E-state index is 5.87. The fraction of sp³-hybridized carbons (Fsp3) is 0.0769. The molecule has 0 aliphatic carbocycles. The van der Waals surface area contributed by atoms with Crippen LogP contribution in [0.2, 0.25) is 0 Å². The van der Waals surface area contributed by atoms with Crippen molar-refractivity contribution in [2.24, 2.45) is 0 Å². The first-order chi connectivity index (χ1) is 8.81. The van der Waals surface area contributed by atoms with Gasteiger partial charge in [-0.1, -0.05) is 18.2 Å². The van der Waals surface area contributed by atoms with Crippen LogP contribution in [0.15, 0.2) is 42.7 Å². The second-order valence-corrected chi connectivity index (χ2v) is 3.96. The number of nitrogens with one attached hydrogen (secondary N) is 1. The summed E-state index contributed by atoms with van der Waals surface area (Å²) in [5.41, 5.74) is 8.39. The molecule has 0 aliphatic heterocycles. The number of para-hydroxylation sites is 1. The Balaban J connectivity index is 2.31. The van der Waals surface area contributed by atoms with Gasteiger partial charge >= 0.3 is 0 Å². The molecule has 3 rings (SSSR count). The molecule has 0 saturated heterocycles. The fourth-order valence-corrected chi connectivity index (χ4v) is 2.06. The van der Waals surface area contributed by atoms with Crippen molar-refractivity contribution in [3.05, 3.63) is 42.7 Å². The van der Waals surface area contributed by atoms with Crippen molar-refractivity contribution < 1.29 is 0 Å². The van der Waals surface area contributed by atoms with Crippen LogP contribution in [0.5, 0.6) is 0 Å². The maximum Gasteiger partial charge on any atom is 0.152 e. The van der Waals surface area contributed by atoms with E-state index in [0.717, 1.165) is 22.4 Å². The average Bonchev–Trinajstić information content (AvgIpc) is 2.79. The van der Waals surface area contributed by atoms with Gasteiger partial charge in [0, 0.05) is 18.6 Å². The molecule has 0 bridgehead atoms. The second-order valence-electron chi connectivity index (χ2n) is 3.96. The van der Waals surface area contributed by atoms with Crippen molar-refractivity contribution in [3.63, 3.8) is 0 Å². The van der Waals surface area contributed by atoms with Crippen molar-refractivity contribution in [2.75, 3.05) is 18.1 Å². The van der Waals surface area contributed by atoms with Crippen LogP contribution >= 0.6 is 0 Å². The second kappa shape index (κ2) is 4.03. The van der Waals surface area contributed by atoms with Gasteiger partial charge in [-0.25, -0.2) is 4.68 Å². The summed E-state index contributed by atoms with van der Waals surface area (Å²) in [4.78, 5) is 4.34. The summed E-state index contributed by atoms with van der Waals surface area (Å²) in [6, 6.07) is 9.88. The van der Waals surface area contributed by atoms with E-state index in [2.05, 4.69) is 15.4 Å². The lowest BCUT2D eigenvalue weighted by Crippen LogP contribution is -2.04. The fourth-order valence-electron chi connectivity index (χ4n) is 2.06. The summed E-state index contributed by atoms with van der Waals surface area (Å²) < 4.78 is 1.79. The van der Waals surface area contributed by atoms with Crippen molar-refractivity contribution in [1.82, 2.24) is 14.8 Å². The van der Waals surface area contributed by atoms with Crippen LogP contribution in [0, 0.1) is 0 Å². The number of pyridine rings is 1. The number of nitrogens with two attached hydrogens (primary N) is 1. The van der Waals surface area contributed by atoms with E-state index < -0.39 is 0 Å². The number of hydrogen-bond acceptors (Lipinski definition) is 4. The molecule has 90 valence electrons. The van der Waals surface area contributed by atoms with Crippen molar-refractivity contribution in [1.29, 1.82) is 0 Å². The van der Waals surface area contributed by atoms with E-state index in [-0.39, 0.29) is 0 Å². The Bertz CT molecular complexity index is 696. The van der Waals surface area contributed by atoms with Crippen molar-refractivity contribution in [3.8, 4) is 5.69 Å². The van der Waals surface area contributed by atoms with Crippen LogP contribution in [-0.2, 0) is 0 Å². The molecular formula is C13H13N5. The van der Waals surface area contributed by atoms with Crippen molar-refractivity contribution in [2.45, 2.75) is 0 Å². The van der Waals surface area contributed by atoms with Gasteiger partial charge in [0.15, 0.2) is 5.82 Å². The number of anilines is 2. The lowest BCUT2D eigenvalue weighted by Gasteiger charge is -2.09. The number of aromatic nitrogens is 3. The zero-order valence-corrected chi connectivity index (χ0v) is 9.96. The number of fused-ring (bicyclic) bond motifs is 1. The molecule has 3 aromatic rings. The van der Waals surface area contributed by atoms with E-state index in [1.165, 1.54) is 0 Å². The van der Waals surface area contributed by atoms with Crippen LogP contribution in [0.4, 0.5) is 11.5 Å². The van der Waals surface area contributed by atoms with E-state index in [1.54, 1.807) is 17.1 Å². The molecule has 3 N–H and O–H groups in total. The lowest BCUT2D eigenvalue weighted by atomic mass is 10.2. The van der Waals surface area contributed by atoms with Crippen LogP contribution in [0.3, 0.4) is 0 Å². The van der Waals surface area contributed by atoms with E-state index in [1.807, 2.05) is 37.4 Å². The largest absolute Gasteiger partial charge is 0.394 e. The van der Waals surface area contributed by atoms with Crippen LogP contribution in [0.25, 0.3) is 16.6 Å². The van der Waals surface area contributed by atoms with Crippen LogP contribution in [-0.4, -0.2) is 21.8 Å². The summed E-state index contributed by atoms with van der Waals surface area (Å²) in [5.74, 6) is 0.784. The number of hydrogen-bond donors (Lipinski definition) is 2. The third-order valence-electron chi connectivity index (χ3n) is 2.89. The predicted octanol–water partition coefficient (Wildman–Crippen LogP) is 2.04. The number of benzene rings is 1. The normalized spacial score (nSPS) is 10.7. The molecule has 0 spiro atoms. The molecule has 0 saturated carbocycles. The van der Waals surface area contributed by atoms with Gasteiger partial charge < -0.3 is 11.1 Å². The molecule has 0 unspecified atom stereocenters. The molecule has 5 heteroatoms. The molecule has 0 amide bonds. The third-order valence-corrected chi connectivity index (χ3v) is 2.89. The first-order valence-corrected chi connectivity index (χ1v) is 5.66. The monoisotopic (exact) mass is 239 g/mol. The highest BCUT2D eigenvalue weighted by Gasteiger charge is 2.10. The summed E-state index contributed by atoms with van der Waals surface area (Å²) in [6.45, 7) is 0. The summed E-state index contributed by atoms with van der Waals surface area (Å²) in [5, 5.41) is 8.41. The first kappa shape index (κ1) is 10.6. The highest BCUT2D eigenvalue weighted by Crippen LogP contribution is 2.26. The predicted molar refractivity (Wildman–Crippen MR) is 72.8 cm³/mol. The quantitative estimate of drug-likeness (QED) is 0.718. The Morgan fingerprint density at radius 3 is 2.89 bits per heavy atom. The molecule has 2 heterocycles. The molecule has 0 aliphatic rings. The topological polar surface area (TPSA) is 68.8 Å². The Morgan fingerprint density at radius 1 is 1.22 bits per heavy atom. The summed E-state index contributed by atoms with van der Waals surface area (Å²) in [7, 11) is 1.83. The number of rotatable bonds is 2. The minimum absolute atomic E-state index is 0.624. The smallest absolute Gasteiger partial charge is 0.152 e. The highest BCUT2D eigenvalue weighted by atomic mass is 15.3. The first-order valence-electron chi connectivity index (χ1n) is 5.66. The van der Waals surface area contributed by atoms with E-state index >= 15 is 0 Å². The zero-order chi connectivity index (χ0) is 12.5. The average molecular weight is 239 g/mol. The van der Waals surface area contributed by atoms with Gasteiger partial charge in [0.1, 0.15) is 0 Å². The van der Waals surface area contributed by atoms with Crippen LogP contribution < -0.4 is 11.1 Å². The summed E-state index contributed by atoms with van der Waals surface area (Å²) in [6.07, 6.45) is 3.41. The van der Waals surface area contributed by atoms with Gasteiger partial charge in [-0.3, -0.25) is 4.98 Å². The van der Waals surface area contributed by atoms with Gasteiger partial charge in [0.05, 0.1) is 23.1 Å². The van der Waals surface area contributed by atoms with E-state index in [0.29, 0.717) is 5.69 Å². The molecule has 1 aromatic carbocycles. The molecule has 0 fully saturated rings. The number of nitrogen functional groups attached to an aromatic ring is 1. The Hall–Kier alpha value is -2.56. The SMILES string of the molecule is CNc1c(N)cnn1-c1ccnc2ccccc12. The Kier molecular flexibility index (Phi) is 2.37. The van der Waals surface area contributed by atoms with Gasteiger partial charge in [-0.05, 0) is 12.1 Å². The molecule has 0 radical (unpaired) electrons. The maximum absolute atomic E-state index is 5.87. The molecule has 5 nitrogen and oxygen atoms in total. The Labute approximate surface area is 104 Å². The van der Waals surface area contributed by atoms with Crippen molar-refractivity contribution >= 4 is 22.4 Å². The number of nitrogens with zero attached hydrogens (tertiary/aromatic N) is 3. The molecular weight excluding hydrogens is 226 g/mol. The molecule has 18 heavy (non-hydrogen) atoms. The zero-order valence-electron chi connectivity index (χ0n) is 9.96.